The van der Waals surface area contributed by atoms with Gasteiger partial charge in [-0.1, -0.05) is 5.57 Å². The quantitative estimate of drug-likeness (QED) is 0.518. The molecule has 2 unspecified atom stereocenters. The predicted octanol–water partition coefficient (Wildman–Crippen LogP) is 2.31. The Hall–Kier alpha value is -0.830. The third-order valence-corrected chi connectivity index (χ3v) is 2.37. The van der Waals surface area contributed by atoms with Gasteiger partial charge in [-0.25, -0.2) is 0 Å². The van der Waals surface area contributed by atoms with Crippen molar-refractivity contribution in [2.75, 3.05) is 6.61 Å². The van der Waals surface area contributed by atoms with Crippen molar-refractivity contribution in [2.24, 2.45) is 5.92 Å². The molecule has 0 aromatic heterocycles. The first-order chi connectivity index (χ1) is 6.99. The molecular formula is C12H20O3. The van der Waals surface area contributed by atoms with Crippen molar-refractivity contribution in [1.82, 2.24) is 0 Å². The molecular weight excluding hydrogens is 192 g/mol. The second-order valence-corrected chi connectivity index (χ2v) is 4.53. The zero-order valence-electron chi connectivity index (χ0n) is 9.79. The van der Waals surface area contributed by atoms with E-state index >= 15 is 0 Å². The minimum absolute atomic E-state index is 0.0109. The van der Waals surface area contributed by atoms with Gasteiger partial charge in [-0.05, 0) is 27.2 Å². The normalized spacial score (nSPS) is 25.7. The number of esters is 1. The van der Waals surface area contributed by atoms with Gasteiger partial charge in [0.15, 0.2) is 0 Å². The molecule has 0 N–H and O–H groups in total. The highest BCUT2D eigenvalue weighted by atomic mass is 16.6. The highest BCUT2D eigenvalue weighted by molar-refractivity contribution is 5.74. The molecule has 0 aliphatic carbocycles. The van der Waals surface area contributed by atoms with Gasteiger partial charge < -0.3 is 9.47 Å². The Bertz CT molecular complexity index is 245. The van der Waals surface area contributed by atoms with Gasteiger partial charge in [0.05, 0.1) is 18.6 Å². The van der Waals surface area contributed by atoms with E-state index in [0.717, 1.165) is 18.4 Å². The second-order valence-electron chi connectivity index (χ2n) is 4.53. The molecule has 0 bridgehead atoms. The standard InChI is InChI=1S/C12H20O3/c1-8(2)5-10-6-11(15-12(10)13)7-14-9(3)4/h9-11H,1,5-7H2,2-4H3. The first-order valence-corrected chi connectivity index (χ1v) is 5.45. The highest BCUT2D eigenvalue weighted by Crippen LogP contribution is 2.26. The number of rotatable bonds is 5. The lowest BCUT2D eigenvalue weighted by Gasteiger charge is -2.11. The lowest BCUT2D eigenvalue weighted by molar-refractivity contribution is -0.146. The zero-order valence-corrected chi connectivity index (χ0v) is 9.79. The average molecular weight is 212 g/mol. The number of hydrogen-bond acceptors (Lipinski definition) is 3. The van der Waals surface area contributed by atoms with Crippen LogP contribution in [0.25, 0.3) is 0 Å². The summed E-state index contributed by atoms with van der Waals surface area (Å²) in [7, 11) is 0. The lowest BCUT2D eigenvalue weighted by atomic mass is 9.98. The third kappa shape index (κ3) is 4.04. The van der Waals surface area contributed by atoms with Gasteiger partial charge in [-0.2, -0.15) is 0 Å². The van der Waals surface area contributed by atoms with Crippen LogP contribution in [0.2, 0.25) is 0 Å². The molecule has 0 spiro atoms. The number of carbonyl (C=O) groups excluding carboxylic acids is 1. The molecule has 1 fully saturated rings. The van der Waals surface area contributed by atoms with E-state index in [9.17, 15) is 4.79 Å². The van der Waals surface area contributed by atoms with Crippen molar-refractivity contribution in [3.8, 4) is 0 Å². The summed E-state index contributed by atoms with van der Waals surface area (Å²) < 4.78 is 10.6. The average Bonchev–Trinajstić information content (AvgIpc) is 2.43. The van der Waals surface area contributed by atoms with Crippen LogP contribution in [0.15, 0.2) is 12.2 Å². The van der Waals surface area contributed by atoms with E-state index < -0.39 is 0 Å². The summed E-state index contributed by atoms with van der Waals surface area (Å²) in [4.78, 5) is 11.4. The first kappa shape index (κ1) is 12.2. The molecule has 1 aliphatic heterocycles. The van der Waals surface area contributed by atoms with Crippen molar-refractivity contribution in [2.45, 2.75) is 45.8 Å². The van der Waals surface area contributed by atoms with E-state index in [1.165, 1.54) is 0 Å². The maximum Gasteiger partial charge on any atom is 0.309 e. The molecule has 2 atom stereocenters. The molecule has 1 heterocycles. The van der Waals surface area contributed by atoms with Crippen molar-refractivity contribution < 1.29 is 14.3 Å². The number of hydrogen-bond donors (Lipinski definition) is 0. The summed E-state index contributed by atoms with van der Waals surface area (Å²) in [5.41, 5.74) is 1.03. The van der Waals surface area contributed by atoms with Gasteiger partial charge in [0.1, 0.15) is 6.10 Å². The van der Waals surface area contributed by atoms with Gasteiger partial charge in [-0.15, -0.1) is 6.58 Å². The predicted molar refractivity (Wildman–Crippen MR) is 58.5 cm³/mol. The fourth-order valence-electron chi connectivity index (χ4n) is 1.71. The highest BCUT2D eigenvalue weighted by Gasteiger charge is 2.34. The number of ether oxygens (including phenoxy) is 2. The van der Waals surface area contributed by atoms with Crippen LogP contribution in [0.5, 0.6) is 0 Å². The fraction of sp³-hybridized carbons (Fsp3) is 0.750. The molecule has 0 aromatic rings. The molecule has 0 amide bonds. The molecule has 86 valence electrons. The Morgan fingerprint density at radius 3 is 2.87 bits per heavy atom. The van der Waals surface area contributed by atoms with Gasteiger partial charge in [0, 0.05) is 6.42 Å². The van der Waals surface area contributed by atoms with Crippen molar-refractivity contribution >= 4 is 5.97 Å². The third-order valence-electron chi connectivity index (χ3n) is 2.37. The minimum atomic E-state index is -0.102. The fourth-order valence-corrected chi connectivity index (χ4v) is 1.71. The molecule has 15 heavy (non-hydrogen) atoms. The van der Waals surface area contributed by atoms with E-state index in [4.69, 9.17) is 9.47 Å². The number of allylic oxidation sites excluding steroid dienone is 1. The largest absolute Gasteiger partial charge is 0.460 e. The van der Waals surface area contributed by atoms with E-state index in [1.54, 1.807) is 0 Å². The van der Waals surface area contributed by atoms with E-state index in [0.29, 0.717) is 6.61 Å². The summed E-state index contributed by atoms with van der Waals surface area (Å²) in [6, 6.07) is 0. The van der Waals surface area contributed by atoms with Crippen molar-refractivity contribution in [3.63, 3.8) is 0 Å². The second kappa shape index (κ2) is 5.31. The van der Waals surface area contributed by atoms with E-state index in [2.05, 4.69) is 6.58 Å². The van der Waals surface area contributed by atoms with Crippen LogP contribution >= 0.6 is 0 Å². The van der Waals surface area contributed by atoms with Gasteiger partial charge in [-0.3, -0.25) is 4.79 Å². The van der Waals surface area contributed by atoms with Crippen LogP contribution in [0, 0.1) is 5.92 Å². The van der Waals surface area contributed by atoms with Gasteiger partial charge in [0.25, 0.3) is 0 Å². The Morgan fingerprint density at radius 1 is 1.67 bits per heavy atom. The zero-order chi connectivity index (χ0) is 11.4. The summed E-state index contributed by atoms with van der Waals surface area (Å²) in [6.07, 6.45) is 1.61. The van der Waals surface area contributed by atoms with Gasteiger partial charge >= 0.3 is 5.97 Å². The van der Waals surface area contributed by atoms with Crippen LogP contribution in [-0.4, -0.2) is 24.8 Å². The summed E-state index contributed by atoms with van der Waals surface area (Å²) in [6.45, 7) is 10.2. The maximum absolute atomic E-state index is 11.4. The molecule has 1 rings (SSSR count). The monoisotopic (exact) mass is 212 g/mol. The van der Waals surface area contributed by atoms with Gasteiger partial charge in [0.2, 0.25) is 0 Å². The Morgan fingerprint density at radius 2 is 2.33 bits per heavy atom. The molecule has 0 radical (unpaired) electrons. The molecule has 3 nitrogen and oxygen atoms in total. The molecule has 0 saturated carbocycles. The molecule has 3 heteroatoms. The minimum Gasteiger partial charge on any atom is -0.460 e. The van der Waals surface area contributed by atoms with Crippen molar-refractivity contribution in [3.05, 3.63) is 12.2 Å². The molecule has 1 saturated heterocycles. The molecule has 0 aromatic carbocycles. The van der Waals surface area contributed by atoms with Crippen LogP contribution in [0.4, 0.5) is 0 Å². The van der Waals surface area contributed by atoms with Crippen LogP contribution in [0.3, 0.4) is 0 Å². The SMILES string of the molecule is C=C(C)CC1CC(COC(C)C)OC1=O. The Kier molecular flexibility index (Phi) is 4.33. The summed E-state index contributed by atoms with van der Waals surface area (Å²) in [5.74, 6) is -0.112. The number of cyclic esters (lactones) is 1. The summed E-state index contributed by atoms with van der Waals surface area (Å²) in [5, 5.41) is 0. The smallest absolute Gasteiger partial charge is 0.309 e. The maximum atomic E-state index is 11.4. The Balaban J connectivity index is 2.35. The first-order valence-electron chi connectivity index (χ1n) is 5.45. The van der Waals surface area contributed by atoms with E-state index in [1.807, 2.05) is 20.8 Å². The van der Waals surface area contributed by atoms with Crippen molar-refractivity contribution in [1.29, 1.82) is 0 Å². The number of carbonyl (C=O) groups is 1. The Labute approximate surface area is 91.4 Å². The van der Waals surface area contributed by atoms with Crippen LogP contribution < -0.4 is 0 Å². The lowest BCUT2D eigenvalue weighted by Crippen LogP contribution is -2.18. The molecule has 1 aliphatic rings. The van der Waals surface area contributed by atoms with Crippen LogP contribution in [0.1, 0.15) is 33.6 Å². The van der Waals surface area contributed by atoms with E-state index in [-0.39, 0.29) is 24.1 Å². The summed E-state index contributed by atoms with van der Waals surface area (Å²) >= 11 is 0. The van der Waals surface area contributed by atoms with Crippen LogP contribution in [-0.2, 0) is 14.3 Å². The topological polar surface area (TPSA) is 35.5 Å².